The van der Waals surface area contributed by atoms with Gasteiger partial charge in [0.2, 0.25) is 0 Å². The third-order valence-corrected chi connectivity index (χ3v) is 4.09. The van der Waals surface area contributed by atoms with Crippen molar-refractivity contribution in [3.05, 3.63) is 23.8 Å². The normalized spacial score (nSPS) is 17.6. The van der Waals surface area contributed by atoms with Crippen molar-refractivity contribution in [2.45, 2.75) is 33.7 Å². The lowest BCUT2D eigenvalue weighted by Gasteiger charge is -2.42. The van der Waals surface area contributed by atoms with Gasteiger partial charge in [-0.1, -0.05) is 26.8 Å². The second-order valence-electron chi connectivity index (χ2n) is 7.06. The van der Waals surface area contributed by atoms with Crippen LogP contribution in [0, 0.1) is 5.41 Å². The number of piperazine rings is 1. The first-order valence-corrected chi connectivity index (χ1v) is 8.14. The summed E-state index contributed by atoms with van der Waals surface area (Å²) in [7, 11) is 1.60. The van der Waals surface area contributed by atoms with Gasteiger partial charge in [0.25, 0.3) is 0 Å². The zero-order valence-electron chi connectivity index (χ0n) is 14.8. The van der Waals surface area contributed by atoms with Crippen molar-refractivity contribution in [2.75, 3.05) is 33.3 Å². The summed E-state index contributed by atoms with van der Waals surface area (Å²) in [5.41, 5.74) is 1.28. The molecule has 0 unspecified atom stereocenters. The molecule has 5 heteroatoms. The number of carbonyl (C=O) groups excluding carboxylic acids is 1. The van der Waals surface area contributed by atoms with Gasteiger partial charge >= 0.3 is 5.97 Å². The molecule has 1 aromatic rings. The standard InChI is InChI=1S/C18H28N2O3/c1-13(21)23-15-7-6-14(12-16(15)22-5)17(18(2,3)4)20-10-8-19-9-11-20/h6-7,12,17,19H,8-11H2,1-5H3/t17-/m1/s1. The van der Waals surface area contributed by atoms with Crippen molar-refractivity contribution < 1.29 is 14.3 Å². The highest BCUT2D eigenvalue weighted by Gasteiger charge is 2.33. The summed E-state index contributed by atoms with van der Waals surface area (Å²) < 4.78 is 10.6. The number of nitrogens with zero attached hydrogens (tertiary/aromatic N) is 1. The van der Waals surface area contributed by atoms with Crippen LogP contribution in [-0.2, 0) is 4.79 Å². The maximum Gasteiger partial charge on any atom is 0.308 e. The summed E-state index contributed by atoms with van der Waals surface area (Å²) in [5, 5.41) is 3.40. The van der Waals surface area contributed by atoms with Crippen molar-refractivity contribution in [1.29, 1.82) is 0 Å². The molecule has 128 valence electrons. The van der Waals surface area contributed by atoms with E-state index in [0.29, 0.717) is 11.5 Å². The monoisotopic (exact) mass is 320 g/mol. The SMILES string of the molecule is COc1cc([C@@H](N2CCNCC2)C(C)(C)C)ccc1OC(C)=O. The van der Waals surface area contributed by atoms with Crippen LogP contribution in [0.2, 0.25) is 0 Å². The summed E-state index contributed by atoms with van der Waals surface area (Å²) in [5.74, 6) is 0.726. The molecule has 0 aromatic heterocycles. The minimum atomic E-state index is -0.342. The van der Waals surface area contributed by atoms with Crippen LogP contribution in [0.25, 0.3) is 0 Å². The van der Waals surface area contributed by atoms with E-state index in [1.165, 1.54) is 12.5 Å². The molecule has 0 radical (unpaired) electrons. The maximum atomic E-state index is 11.2. The number of rotatable bonds is 4. The van der Waals surface area contributed by atoms with Crippen molar-refractivity contribution in [1.82, 2.24) is 10.2 Å². The van der Waals surface area contributed by atoms with Crippen LogP contribution < -0.4 is 14.8 Å². The Morgan fingerprint density at radius 1 is 1.22 bits per heavy atom. The molecule has 1 aliphatic heterocycles. The molecule has 1 aromatic carbocycles. The van der Waals surface area contributed by atoms with E-state index < -0.39 is 0 Å². The van der Waals surface area contributed by atoms with Gasteiger partial charge in [-0.25, -0.2) is 0 Å². The van der Waals surface area contributed by atoms with E-state index in [1.54, 1.807) is 7.11 Å². The molecular weight excluding hydrogens is 292 g/mol. The lowest BCUT2D eigenvalue weighted by atomic mass is 9.81. The molecular formula is C18H28N2O3. The summed E-state index contributed by atoms with van der Waals surface area (Å²) in [6.45, 7) is 12.2. The number of carbonyl (C=O) groups is 1. The number of benzene rings is 1. The van der Waals surface area contributed by atoms with Gasteiger partial charge in [-0.05, 0) is 23.1 Å². The number of esters is 1. The molecule has 5 nitrogen and oxygen atoms in total. The molecule has 0 spiro atoms. The molecule has 1 aliphatic rings. The fourth-order valence-electron chi connectivity index (χ4n) is 3.29. The summed E-state index contributed by atoms with van der Waals surface area (Å²) in [6, 6.07) is 6.15. The van der Waals surface area contributed by atoms with Crippen LogP contribution in [-0.4, -0.2) is 44.2 Å². The molecule has 0 aliphatic carbocycles. The summed E-state index contributed by atoms with van der Waals surface area (Å²) >= 11 is 0. The Morgan fingerprint density at radius 3 is 2.39 bits per heavy atom. The van der Waals surface area contributed by atoms with Crippen LogP contribution in [0.1, 0.15) is 39.3 Å². The lowest BCUT2D eigenvalue weighted by Crippen LogP contribution is -2.48. The van der Waals surface area contributed by atoms with Gasteiger partial charge in [0, 0.05) is 39.1 Å². The molecule has 0 saturated carbocycles. The Bertz CT molecular complexity index is 546. The van der Waals surface area contributed by atoms with Crippen molar-refractivity contribution in [2.24, 2.45) is 5.41 Å². The minimum Gasteiger partial charge on any atom is -0.493 e. The minimum absolute atomic E-state index is 0.0886. The van der Waals surface area contributed by atoms with Crippen LogP contribution in [0.3, 0.4) is 0 Å². The van der Waals surface area contributed by atoms with Gasteiger partial charge in [-0.15, -0.1) is 0 Å². The first-order chi connectivity index (χ1) is 10.8. The zero-order valence-corrected chi connectivity index (χ0v) is 14.8. The van der Waals surface area contributed by atoms with Crippen LogP contribution in [0.5, 0.6) is 11.5 Å². The number of hydrogen-bond acceptors (Lipinski definition) is 5. The maximum absolute atomic E-state index is 11.2. The van der Waals surface area contributed by atoms with Crippen LogP contribution in [0.4, 0.5) is 0 Å². The van der Waals surface area contributed by atoms with Gasteiger partial charge < -0.3 is 14.8 Å². The summed E-state index contributed by atoms with van der Waals surface area (Å²) in [4.78, 5) is 13.7. The van der Waals surface area contributed by atoms with Crippen molar-refractivity contribution in [3.8, 4) is 11.5 Å². The third kappa shape index (κ3) is 4.45. The smallest absolute Gasteiger partial charge is 0.308 e. The summed E-state index contributed by atoms with van der Waals surface area (Å²) in [6.07, 6.45) is 0. The van der Waals surface area contributed by atoms with Gasteiger partial charge in [-0.2, -0.15) is 0 Å². The number of hydrogen-bond donors (Lipinski definition) is 1. The van der Waals surface area contributed by atoms with E-state index in [1.807, 2.05) is 18.2 Å². The Labute approximate surface area is 139 Å². The highest BCUT2D eigenvalue weighted by molar-refractivity contribution is 5.70. The quantitative estimate of drug-likeness (QED) is 0.683. The second-order valence-corrected chi connectivity index (χ2v) is 7.06. The number of ether oxygens (including phenoxy) is 2. The molecule has 1 heterocycles. The van der Waals surface area contributed by atoms with E-state index in [-0.39, 0.29) is 17.4 Å². The average Bonchev–Trinajstić information content (AvgIpc) is 2.48. The third-order valence-electron chi connectivity index (χ3n) is 4.09. The van der Waals surface area contributed by atoms with Gasteiger partial charge in [-0.3, -0.25) is 9.69 Å². The van der Waals surface area contributed by atoms with Crippen LogP contribution >= 0.6 is 0 Å². The van der Waals surface area contributed by atoms with Gasteiger partial charge in [0.15, 0.2) is 11.5 Å². The molecule has 2 rings (SSSR count). The number of nitrogens with one attached hydrogen (secondary N) is 1. The van der Waals surface area contributed by atoms with E-state index in [9.17, 15) is 4.79 Å². The first-order valence-electron chi connectivity index (χ1n) is 8.14. The second kappa shape index (κ2) is 7.32. The fourth-order valence-corrected chi connectivity index (χ4v) is 3.29. The molecule has 1 saturated heterocycles. The Kier molecular flexibility index (Phi) is 5.65. The highest BCUT2D eigenvalue weighted by Crippen LogP contribution is 2.41. The highest BCUT2D eigenvalue weighted by atomic mass is 16.6. The molecule has 1 atom stereocenters. The Morgan fingerprint density at radius 2 is 1.87 bits per heavy atom. The van der Waals surface area contributed by atoms with Crippen molar-refractivity contribution >= 4 is 5.97 Å². The molecule has 0 bridgehead atoms. The van der Waals surface area contributed by atoms with Crippen LogP contribution in [0.15, 0.2) is 18.2 Å². The van der Waals surface area contributed by atoms with Gasteiger partial charge in [0.1, 0.15) is 0 Å². The molecule has 0 amide bonds. The predicted octanol–water partition coefficient (Wildman–Crippen LogP) is 2.61. The lowest BCUT2D eigenvalue weighted by molar-refractivity contribution is -0.132. The van der Waals surface area contributed by atoms with E-state index >= 15 is 0 Å². The van der Waals surface area contributed by atoms with E-state index in [4.69, 9.17) is 9.47 Å². The zero-order chi connectivity index (χ0) is 17.0. The topological polar surface area (TPSA) is 50.8 Å². The Balaban J connectivity index is 2.36. The van der Waals surface area contributed by atoms with E-state index in [2.05, 4.69) is 31.0 Å². The largest absolute Gasteiger partial charge is 0.493 e. The van der Waals surface area contributed by atoms with Gasteiger partial charge in [0.05, 0.1) is 7.11 Å². The van der Waals surface area contributed by atoms with E-state index in [0.717, 1.165) is 26.2 Å². The van der Waals surface area contributed by atoms with Crippen molar-refractivity contribution in [3.63, 3.8) is 0 Å². The predicted molar refractivity (Wildman–Crippen MR) is 90.9 cm³/mol. The first kappa shape index (κ1) is 17.8. The number of methoxy groups -OCH3 is 1. The fraction of sp³-hybridized carbons (Fsp3) is 0.611. The molecule has 1 N–H and O–H groups in total. The Hall–Kier alpha value is -1.59. The molecule has 1 fully saturated rings. The molecule has 23 heavy (non-hydrogen) atoms. The average molecular weight is 320 g/mol.